The highest BCUT2D eigenvalue weighted by Gasteiger charge is 2.15. The number of rotatable bonds is 4. The summed E-state index contributed by atoms with van der Waals surface area (Å²) in [5.74, 6) is -1.82. The molecule has 0 heterocycles. The molecule has 0 unspecified atom stereocenters. The number of hydrogen-bond acceptors (Lipinski definition) is 5. The zero-order valence-electron chi connectivity index (χ0n) is 8.87. The molecule has 0 fully saturated rings. The number of ether oxygens (including phenoxy) is 1. The van der Waals surface area contributed by atoms with E-state index in [1.54, 1.807) is 0 Å². The summed E-state index contributed by atoms with van der Waals surface area (Å²) in [5, 5.41) is 19.4. The van der Waals surface area contributed by atoms with Crippen molar-refractivity contribution in [2.24, 2.45) is 0 Å². The van der Waals surface area contributed by atoms with Crippen LogP contribution in [0.1, 0.15) is 22.8 Å². The van der Waals surface area contributed by atoms with E-state index < -0.39 is 16.9 Å². The molecule has 0 aliphatic heterocycles. The van der Waals surface area contributed by atoms with Crippen LogP contribution in [0.15, 0.2) is 18.2 Å². The Morgan fingerprint density at radius 1 is 1.47 bits per heavy atom. The van der Waals surface area contributed by atoms with Crippen LogP contribution in [0.25, 0.3) is 0 Å². The lowest BCUT2D eigenvalue weighted by molar-refractivity contribution is -0.385. The molecule has 7 nitrogen and oxygen atoms in total. The molecule has 0 bridgehead atoms. The molecule has 1 aromatic rings. The molecule has 0 amide bonds. The van der Waals surface area contributed by atoms with Gasteiger partial charge in [0.25, 0.3) is 5.69 Å². The largest absolute Gasteiger partial charge is 0.478 e. The van der Waals surface area contributed by atoms with Crippen LogP contribution in [0, 0.1) is 10.1 Å². The summed E-state index contributed by atoms with van der Waals surface area (Å²) >= 11 is 0. The number of aromatic carboxylic acids is 1. The van der Waals surface area contributed by atoms with E-state index in [-0.39, 0.29) is 23.4 Å². The molecule has 0 aromatic heterocycles. The van der Waals surface area contributed by atoms with Crippen molar-refractivity contribution in [1.29, 1.82) is 0 Å². The van der Waals surface area contributed by atoms with Crippen LogP contribution in [0.5, 0.6) is 0 Å². The summed E-state index contributed by atoms with van der Waals surface area (Å²) in [4.78, 5) is 31.3. The van der Waals surface area contributed by atoms with Gasteiger partial charge >= 0.3 is 11.9 Å². The molecular weight excluding hydrogens is 230 g/mol. The minimum absolute atomic E-state index is 0.0851. The first kappa shape index (κ1) is 12.6. The second-order valence-corrected chi connectivity index (χ2v) is 3.18. The number of nitro benzene ring substituents is 1. The van der Waals surface area contributed by atoms with Gasteiger partial charge in [-0.1, -0.05) is 0 Å². The summed E-state index contributed by atoms with van der Waals surface area (Å²) < 4.78 is 4.63. The third-order valence-electron chi connectivity index (χ3n) is 1.96. The first-order valence-corrected chi connectivity index (χ1v) is 4.55. The van der Waals surface area contributed by atoms with E-state index in [9.17, 15) is 19.7 Å². The minimum atomic E-state index is -1.23. The number of benzene rings is 1. The van der Waals surface area contributed by atoms with E-state index in [0.717, 1.165) is 25.1 Å². The molecule has 0 aliphatic rings. The average Bonchev–Trinajstić information content (AvgIpc) is 2.25. The Hall–Kier alpha value is -2.44. The van der Waals surface area contributed by atoms with Crippen LogP contribution >= 0.6 is 0 Å². The lowest BCUT2D eigenvalue weighted by atomic mass is 10.1. The van der Waals surface area contributed by atoms with Gasteiger partial charge in [0.15, 0.2) is 0 Å². The predicted molar refractivity (Wildman–Crippen MR) is 55.5 cm³/mol. The number of nitrogens with zero attached hydrogens (tertiary/aromatic N) is 1. The highest BCUT2D eigenvalue weighted by atomic mass is 16.6. The van der Waals surface area contributed by atoms with Crippen molar-refractivity contribution in [2.75, 3.05) is 0 Å². The number of carboxylic acids is 1. The Morgan fingerprint density at radius 3 is 2.59 bits per heavy atom. The summed E-state index contributed by atoms with van der Waals surface area (Å²) in [6, 6.07) is 3.27. The normalized spacial score (nSPS) is 9.71. The number of esters is 1. The standard InChI is InChI=1S/C10H9NO6/c1-6(12)17-5-7-4-8(11(15)16)2-3-9(7)10(13)14/h2-4H,5H2,1H3,(H,13,14). The number of non-ortho nitro benzene ring substituents is 1. The lowest BCUT2D eigenvalue weighted by Crippen LogP contribution is -2.07. The fourth-order valence-corrected chi connectivity index (χ4v) is 1.20. The van der Waals surface area contributed by atoms with Gasteiger partial charge in [-0.15, -0.1) is 0 Å². The number of hydrogen-bond donors (Lipinski definition) is 1. The van der Waals surface area contributed by atoms with Gasteiger partial charge in [0.1, 0.15) is 6.61 Å². The maximum atomic E-state index is 10.8. The Kier molecular flexibility index (Phi) is 3.76. The van der Waals surface area contributed by atoms with E-state index in [1.165, 1.54) is 0 Å². The molecule has 90 valence electrons. The van der Waals surface area contributed by atoms with Crippen molar-refractivity contribution in [3.63, 3.8) is 0 Å². The smallest absolute Gasteiger partial charge is 0.336 e. The van der Waals surface area contributed by atoms with Crippen LogP contribution < -0.4 is 0 Å². The third kappa shape index (κ3) is 3.26. The molecule has 1 aromatic carbocycles. The van der Waals surface area contributed by atoms with Gasteiger partial charge in [0, 0.05) is 24.6 Å². The molecule has 7 heteroatoms. The monoisotopic (exact) mass is 239 g/mol. The van der Waals surface area contributed by atoms with Crippen molar-refractivity contribution in [3.05, 3.63) is 39.4 Å². The van der Waals surface area contributed by atoms with Crippen LogP contribution in [-0.2, 0) is 16.1 Å². The zero-order chi connectivity index (χ0) is 13.0. The Bertz CT molecular complexity index is 482. The quantitative estimate of drug-likeness (QED) is 0.482. The van der Waals surface area contributed by atoms with E-state index in [0.29, 0.717) is 0 Å². The van der Waals surface area contributed by atoms with Gasteiger partial charge in [-0.2, -0.15) is 0 Å². The molecule has 0 atom stereocenters. The van der Waals surface area contributed by atoms with Crippen molar-refractivity contribution < 1.29 is 24.4 Å². The zero-order valence-corrected chi connectivity index (χ0v) is 8.87. The molecule has 1 N–H and O–H groups in total. The molecular formula is C10H9NO6. The second kappa shape index (κ2) is 5.06. The minimum Gasteiger partial charge on any atom is -0.478 e. The van der Waals surface area contributed by atoms with Gasteiger partial charge in [0.05, 0.1) is 10.5 Å². The van der Waals surface area contributed by atoms with Crippen LogP contribution in [0.4, 0.5) is 5.69 Å². The van der Waals surface area contributed by atoms with Crippen molar-refractivity contribution in [3.8, 4) is 0 Å². The number of nitro groups is 1. The molecule has 0 saturated carbocycles. The van der Waals surface area contributed by atoms with E-state index in [2.05, 4.69) is 4.74 Å². The van der Waals surface area contributed by atoms with Crippen molar-refractivity contribution in [1.82, 2.24) is 0 Å². The molecule has 0 radical (unpaired) electrons. The fraction of sp³-hybridized carbons (Fsp3) is 0.200. The third-order valence-corrected chi connectivity index (χ3v) is 1.96. The number of carbonyl (C=O) groups excluding carboxylic acids is 1. The fourth-order valence-electron chi connectivity index (χ4n) is 1.20. The summed E-state index contributed by atoms with van der Waals surface area (Å²) in [6.45, 7) is 0.858. The Balaban J connectivity index is 3.11. The van der Waals surface area contributed by atoms with Gasteiger partial charge in [0.2, 0.25) is 0 Å². The van der Waals surface area contributed by atoms with Gasteiger partial charge in [-0.05, 0) is 6.07 Å². The van der Waals surface area contributed by atoms with Crippen molar-refractivity contribution in [2.45, 2.75) is 13.5 Å². The first-order chi connectivity index (χ1) is 7.91. The highest BCUT2D eigenvalue weighted by Crippen LogP contribution is 2.19. The molecule has 17 heavy (non-hydrogen) atoms. The van der Waals surface area contributed by atoms with Gasteiger partial charge in [-0.3, -0.25) is 14.9 Å². The maximum absolute atomic E-state index is 10.8. The number of carboxylic acid groups (broad SMARTS) is 1. The van der Waals surface area contributed by atoms with Crippen molar-refractivity contribution >= 4 is 17.6 Å². The Morgan fingerprint density at radius 2 is 2.12 bits per heavy atom. The van der Waals surface area contributed by atoms with Gasteiger partial charge in [-0.25, -0.2) is 4.79 Å². The lowest BCUT2D eigenvalue weighted by Gasteiger charge is -2.05. The molecule has 0 aliphatic carbocycles. The second-order valence-electron chi connectivity index (χ2n) is 3.18. The van der Waals surface area contributed by atoms with Crippen LogP contribution in [0.2, 0.25) is 0 Å². The highest BCUT2D eigenvalue weighted by molar-refractivity contribution is 5.89. The summed E-state index contributed by atoms with van der Waals surface area (Å²) in [5.41, 5.74) is -0.295. The first-order valence-electron chi connectivity index (χ1n) is 4.55. The number of carbonyl (C=O) groups is 2. The molecule has 0 saturated heterocycles. The van der Waals surface area contributed by atoms with E-state index in [4.69, 9.17) is 5.11 Å². The topological polar surface area (TPSA) is 107 Å². The van der Waals surface area contributed by atoms with Crippen LogP contribution in [-0.4, -0.2) is 22.0 Å². The van der Waals surface area contributed by atoms with Crippen LogP contribution in [0.3, 0.4) is 0 Å². The predicted octanol–water partition coefficient (Wildman–Crippen LogP) is 1.36. The molecule has 0 spiro atoms. The molecule has 1 rings (SSSR count). The maximum Gasteiger partial charge on any atom is 0.336 e. The van der Waals surface area contributed by atoms with E-state index >= 15 is 0 Å². The average molecular weight is 239 g/mol. The van der Waals surface area contributed by atoms with Gasteiger partial charge < -0.3 is 9.84 Å². The SMILES string of the molecule is CC(=O)OCc1cc([N+](=O)[O-])ccc1C(=O)O. The Labute approximate surface area is 95.8 Å². The van der Waals surface area contributed by atoms with E-state index in [1.807, 2.05) is 0 Å². The summed E-state index contributed by atoms with van der Waals surface area (Å²) in [6.07, 6.45) is 0. The summed E-state index contributed by atoms with van der Waals surface area (Å²) in [7, 11) is 0.